The van der Waals surface area contributed by atoms with Gasteiger partial charge in [-0.05, 0) is 32.9 Å². The second-order valence-corrected chi connectivity index (χ2v) is 4.93. The summed E-state index contributed by atoms with van der Waals surface area (Å²) in [6, 6.07) is 4.97. The van der Waals surface area contributed by atoms with Gasteiger partial charge in [-0.2, -0.15) is 0 Å². The third-order valence-corrected chi connectivity index (χ3v) is 2.06. The maximum absolute atomic E-state index is 11.5. The Morgan fingerprint density at radius 3 is 2.72 bits per heavy atom. The van der Waals surface area contributed by atoms with Gasteiger partial charge in [-0.1, -0.05) is 0 Å². The minimum absolute atomic E-state index is 0.380. The lowest BCUT2D eigenvalue weighted by Crippen LogP contribution is -2.25. The summed E-state index contributed by atoms with van der Waals surface area (Å²) in [5, 5.41) is 0. The van der Waals surface area contributed by atoms with E-state index >= 15 is 0 Å². The lowest BCUT2D eigenvalue weighted by molar-refractivity contribution is 0.0206. The highest BCUT2D eigenvalue weighted by molar-refractivity contribution is 5.75. The van der Waals surface area contributed by atoms with Crippen LogP contribution >= 0.6 is 0 Å². The second kappa shape index (κ2) is 4.33. The van der Waals surface area contributed by atoms with Crippen molar-refractivity contribution in [1.82, 2.24) is 4.98 Å². The van der Waals surface area contributed by atoms with E-state index in [1.54, 1.807) is 45.9 Å². The molecule has 5 nitrogen and oxygen atoms in total. The van der Waals surface area contributed by atoms with Crippen molar-refractivity contribution in [3.05, 3.63) is 24.1 Å². The van der Waals surface area contributed by atoms with Crippen LogP contribution in [0.2, 0.25) is 0 Å². The molecule has 0 amide bonds. The molecule has 0 atom stereocenters. The topological polar surface area (TPSA) is 61.6 Å². The molecular weight excluding hydrogens is 234 g/mol. The third kappa shape index (κ3) is 3.00. The van der Waals surface area contributed by atoms with Gasteiger partial charge in [-0.15, -0.1) is 0 Å². The molecule has 0 spiro atoms. The van der Waals surface area contributed by atoms with E-state index in [0.717, 1.165) is 0 Å². The fourth-order valence-corrected chi connectivity index (χ4v) is 1.45. The summed E-state index contributed by atoms with van der Waals surface area (Å²) in [7, 11) is 0. The Labute approximate surface area is 105 Å². The Kier molecular flexibility index (Phi) is 2.98. The number of carbonyl (C=O) groups excluding carboxylic acids is 1. The molecule has 0 saturated heterocycles. The minimum atomic E-state index is -0.734. The Morgan fingerprint density at radius 1 is 1.33 bits per heavy atom. The molecule has 2 rings (SSSR count). The molecule has 0 aliphatic heterocycles. The lowest BCUT2D eigenvalue weighted by Gasteiger charge is -2.18. The second-order valence-electron chi connectivity index (χ2n) is 4.93. The van der Waals surface area contributed by atoms with Gasteiger partial charge in [0.15, 0.2) is 11.5 Å². The minimum Gasteiger partial charge on any atom is -0.441 e. The molecule has 2 aromatic rings. The molecule has 1 heterocycles. The first-order chi connectivity index (χ1) is 8.33. The Balaban J connectivity index is 2.14. The van der Waals surface area contributed by atoms with Gasteiger partial charge in [-0.25, -0.2) is 9.78 Å². The number of oxazole rings is 1. The van der Waals surface area contributed by atoms with E-state index in [-0.39, 0.29) is 0 Å². The van der Waals surface area contributed by atoms with Gasteiger partial charge in [0.2, 0.25) is 0 Å². The molecule has 0 bridgehead atoms. The van der Waals surface area contributed by atoms with Crippen molar-refractivity contribution < 1.29 is 18.7 Å². The van der Waals surface area contributed by atoms with E-state index in [1.807, 2.05) is 0 Å². The smallest absolute Gasteiger partial charge is 0.441 e. The highest BCUT2D eigenvalue weighted by atomic mass is 16.7. The predicted octanol–water partition coefficient (Wildman–Crippen LogP) is 3.45. The molecule has 0 N–H and O–H groups in total. The summed E-state index contributed by atoms with van der Waals surface area (Å²) >= 11 is 0. The van der Waals surface area contributed by atoms with Crippen LogP contribution in [0.4, 0.5) is 4.79 Å². The fourth-order valence-electron chi connectivity index (χ4n) is 1.45. The number of nitrogens with zero attached hydrogens (tertiary/aromatic N) is 1. The first-order valence-electron chi connectivity index (χ1n) is 5.61. The number of aryl methyl sites for hydroxylation is 1. The summed E-state index contributed by atoms with van der Waals surface area (Å²) in [6.07, 6.45) is -0.734. The quantitative estimate of drug-likeness (QED) is 0.572. The van der Waals surface area contributed by atoms with Crippen LogP contribution in [0.25, 0.3) is 11.1 Å². The molecule has 5 heteroatoms. The number of hydrogen-bond donors (Lipinski definition) is 0. The molecule has 1 aromatic carbocycles. The van der Waals surface area contributed by atoms with E-state index in [2.05, 4.69) is 4.98 Å². The van der Waals surface area contributed by atoms with Gasteiger partial charge in [0.1, 0.15) is 16.9 Å². The van der Waals surface area contributed by atoms with E-state index in [9.17, 15) is 4.79 Å². The maximum Gasteiger partial charge on any atom is 0.514 e. The van der Waals surface area contributed by atoms with E-state index < -0.39 is 11.8 Å². The van der Waals surface area contributed by atoms with Crippen molar-refractivity contribution in [3.8, 4) is 5.75 Å². The molecule has 0 radical (unpaired) electrons. The Morgan fingerprint density at radius 2 is 2.06 bits per heavy atom. The number of hydrogen-bond acceptors (Lipinski definition) is 5. The molecule has 1 aromatic heterocycles. The van der Waals surface area contributed by atoms with Crippen LogP contribution in [0.3, 0.4) is 0 Å². The summed E-state index contributed by atoms with van der Waals surface area (Å²) in [4.78, 5) is 15.6. The molecular formula is C13H15NO4. The third-order valence-electron chi connectivity index (χ3n) is 2.06. The van der Waals surface area contributed by atoms with Crippen molar-refractivity contribution in [1.29, 1.82) is 0 Å². The van der Waals surface area contributed by atoms with Gasteiger partial charge in [0.25, 0.3) is 0 Å². The highest BCUT2D eigenvalue weighted by Crippen LogP contribution is 2.22. The van der Waals surface area contributed by atoms with Crippen LogP contribution < -0.4 is 4.74 Å². The molecule has 0 aliphatic carbocycles. The molecule has 0 fully saturated rings. The van der Waals surface area contributed by atoms with Crippen LogP contribution in [-0.2, 0) is 4.74 Å². The Hall–Kier alpha value is -2.04. The van der Waals surface area contributed by atoms with Gasteiger partial charge in [-0.3, -0.25) is 0 Å². The van der Waals surface area contributed by atoms with Crippen molar-refractivity contribution in [2.75, 3.05) is 0 Å². The van der Waals surface area contributed by atoms with Crippen molar-refractivity contribution in [2.24, 2.45) is 0 Å². The SMILES string of the molecule is Cc1nc2cc(OC(=O)OC(C)(C)C)ccc2o1. The Bertz CT molecular complexity index is 580. The fraction of sp³-hybridized carbons (Fsp3) is 0.385. The van der Waals surface area contributed by atoms with Gasteiger partial charge >= 0.3 is 6.16 Å². The highest BCUT2D eigenvalue weighted by Gasteiger charge is 2.18. The molecule has 0 saturated carbocycles. The summed E-state index contributed by atoms with van der Waals surface area (Å²) in [5.74, 6) is 0.949. The van der Waals surface area contributed by atoms with Crippen molar-refractivity contribution in [2.45, 2.75) is 33.3 Å². The number of benzene rings is 1. The zero-order valence-electron chi connectivity index (χ0n) is 10.8. The van der Waals surface area contributed by atoms with E-state index in [0.29, 0.717) is 22.7 Å². The monoisotopic (exact) mass is 249 g/mol. The largest absolute Gasteiger partial charge is 0.514 e. The summed E-state index contributed by atoms with van der Waals surface area (Å²) in [5.41, 5.74) is 0.726. The summed E-state index contributed by atoms with van der Waals surface area (Å²) in [6.45, 7) is 7.09. The van der Waals surface area contributed by atoms with Crippen LogP contribution in [-0.4, -0.2) is 16.7 Å². The standard InChI is InChI=1S/C13H15NO4/c1-8-14-10-7-9(5-6-11(10)16-8)17-12(15)18-13(2,3)4/h5-7H,1-4H3. The van der Waals surface area contributed by atoms with Crippen molar-refractivity contribution in [3.63, 3.8) is 0 Å². The van der Waals surface area contributed by atoms with E-state index in [1.165, 1.54) is 0 Å². The number of carbonyl (C=O) groups is 1. The molecule has 96 valence electrons. The van der Waals surface area contributed by atoms with Crippen LogP contribution in [0.15, 0.2) is 22.6 Å². The van der Waals surface area contributed by atoms with Crippen LogP contribution in [0, 0.1) is 6.92 Å². The average Bonchev–Trinajstić information content (AvgIpc) is 2.53. The van der Waals surface area contributed by atoms with Crippen LogP contribution in [0.5, 0.6) is 5.75 Å². The number of ether oxygens (including phenoxy) is 2. The molecule has 18 heavy (non-hydrogen) atoms. The predicted molar refractivity (Wildman–Crippen MR) is 65.6 cm³/mol. The first-order valence-corrected chi connectivity index (χ1v) is 5.61. The number of rotatable bonds is 1. The molecule has 0 aliphatic rings. The number of fused-ring (bicyclic) bond motifs is 1. The van der Waals surface area contributed by atoms with Crippen LogP contribution in [0.1, 0.15) is 26.7 Å². The van der Waals surface area contributed by atoms with Crippen molar-refractivity contribution >= 4 is 17.3 Å². The summed E-state index contributed by atoms with van der Waals surface area (Å²) < 4.78 is 15.4. The average molecular weight is 249 g/mol. The van der Waals surface area contributed by atoms with Gasteiger partial charge in [0.05, 0.1) is 0 Å². The number of aromatic nitrogens is 1. The zero-order valence-corrected chi connectivity index (χ0v) is 10.8. The molecule has 0 unspecified atom stereocenters. The maximum atomic E-state index is 11.5. The normalized spacial score (nSPS) is 11.6. The zero-order chi connectivity index (χ0) is 13.3. The van der Waals surface area contributed by atoms with E-state index in [4.69, 9.17) is 13.9 Å². The van der Waals surface area contributed by atoms with Gasteiger partial charge < -0.3 is 13.9 Å². The lowest BCUT2D eigenvalue weighted by atomic mass is 10.2. The van der Waals surface area contributed by atoms with Gasteiger partial charge in [0, 0.05) is 13.0 Å². The first kappa shape index (κ1) is 12.4.